The molecule has 384 valence electrons. The van der Waals surface area contributed by atoms with Crippen LogP contribution in [0.1, 0.15) is 273 Å². The molecule has 0 aromatic carbocycles. The second kappa shape index (κ2) is 56.4. The van der Waals surface area contributed by atoms with Crippen molar-refractivity contribution < 1.29 is 55.5 Å². The van der Waals surface area contributed by atoms with Gasteiger partial charge in [0.15, 0.2) is 0 Å². The quantitative estimate of drug-likeness (QED) is 0.0321. The van der Waals surface area contributed by atoms with Gasteiger partial charge in [0.05, 0.1) is 39.6 Å². The summed E-state index contributed by atoms with van der Waals surface area (Å²) in [6, 6.07) is 0. The largest absolute Gasteiger partial charge is 3.00 e. The van der Waals surface area contributed by atoms with Gasteiger partial charge < -0.3 is 41.8 Å². The maximum Gasteiger partial charge on any atom is 3.00 e. The second-order valence-corrected chi connectivity index (χ2v) is 21.2. The van der Waals surface area contributed by atoms with Gasteiger partial charge in [-0.25, -0.2) is 0 Å². The monoisotopic (exact) mass is 991 g/mol. The van der Waals surface area contributed by atoms with E-state index in [0.29, 0.717) is 0 Å². The minimum Gasteiger partial charge on any atom is -0.756 e. The molecule has 0 rings (SSSR count). The molecule has 0 aliphatic rings. The van der Waals surface area contributed by atoms with E-state index in [2.05, 4.69) is 41.5 Å². The molecule has 0 atom stereocenters. The number of rotatable bonds is 48. The first-order valence-electron chi connectivity index (χ1n) is 26.2. The smallest absolute Gasteiger partial charge is 0.756 e. The van der Waals surface area contributed by atoms with E-state index in [1.807, 2.05) is 0 Å². The van der Waals surface area contributed by atoms with Gasteiger partial charge in [0, 0.05) is 0 Å². The van der Waals surface area contributed by atoms with E-state index in [0.717, 1.165) is 116 Å². The Kier molecular flexibility index (Phi) is 63.0. The molecule has 0 aromatic rings. The molecule has 0 saturated carbocycles. The fraction of sp³-hybridized carbons (Fsp3) is 1.00. The van der Waals surface area contributed by atoms with Crippen LogP contribution in [-0.2, 0) is 40.8 Å². The normalized spacial score (nSPS) is 11.8. The van der Waals surface area contributed by atoms with Gasteiger partial charge in [-0.15, -0.1) is 0 Å². The van der Waals surface area contributed by atoms with Gasteiger partial charge in [0.2, 0.25) is 0 Å². The van der Waals surface area contributed by atoms with Crippen molar-refractivity contribution in [1.82, 2.24) is 0 Å². The molecule has 0 radical (unpaired) electrons. The Morgan fingerprint density at radius 3 is 0.469 bits per heavy atom. The predicted octanol–water partition coefficient (Wildman–Crippen LogP) is 15.2. The molecule has 0 amide bonds. The topological polar surface area (TPSA) is 176 Å². The van der Waals surface area contributed by atoms with Gasteiger partial charge in [-0.1, -0.05) is 234 Å². The van der Waals surface area contributed by atoms with Crippen molar-refractivity contribution >= 4 is 40.8 Å². The zero-order valence-corrected chi connectivity index (χ0v) is 46.4. The zero-order valence-electron chi connectivity index (χ0n) is 42.5. The maximum atomic E-state index is 11.5. The molecule has 0 spiro atoms. The van der Waals surface area contributed by atoms with Gasteiger partial charge in [-0.3, -0.25) is 13.7 Å². The number of phosphoric ester groups is 3. The van der Waals surface area contributed by atoms with E-state index in [4.69, 9.17) is 27.1 Å². The Labute approximate surface area is 406 Å². The van der Waals surface area contributed by atoms with Crippen LogP contribution in [0.15, 0.2) is 0 Å². The van der Waals surface area contributed by atoms with Crippen molar-refractivity contribution in [3.05, 3.63) is 0 Å². The Morgan fingerprint density at radius 2 is 0.344 bits per heavy atom. The first kappa shape index (κ1) is 71.4. The van der Waals surface area contributed by atoms with Crippen LogP contribution in [0, 0.1) is 0 Å². The molecule has 64 heavy (non-hydrogen) atoms. The molecule has 0 heterocycles. The Hall–Kier alpha value is 0.862. The van der Waals surface area contributed by atoms with E-state index in [1.54, 1.807) is 0 Å². The third-order valence-electron chi connectivity index (χ3n) is 10.5. The molecule has 0 aliphatic heterocycles. The van der Waals surface area contributed by atoms with Crippen molar-refractivity contribution in [2.45, 2.75) is 273 Å². The third kappa shape index (κ3) is 64.9. The molecule has 0 N–H and O–H groups in total. The van der Waals surface area contributed by atoms with Crippen LogP contribution in [0.25, 0.3) is 0 Å². The van der Waals surface area contributed by atoms with Gasteiger partial charge in [-0.2, -0.15) is 0 Å². The first-order valence-corrected chi connectivity index (χ1v) is 30.5. The van der Waals surface area contributed by atoms with E-state index >= 15 is 0 Å². The van der Waals surface area contributed by atoms with Crippen LogP contribution in [-0.4, -0.2) is 57.0 Å². The molecular formula is C48H102AlO12P3. The number of hydrogen-bond donors (Lipinski definition) is 0. The summed E-state index contributed by atoms with van der Waals surface area (Å²) in [5.74, 6) is 0. The van der Waals surface area contributed by atoms with Crippen molar-refractivity contribution in [2.24, 2.45) is 0 Å². The summed E-state index contributed by atoms with van der Waals surface area (Å²) in [6.45, 7) is 14.6. The average Bonchev–Trinajstić information content (AvgIpc) is 3.25. The zero-order chi connectivity index (χ0) is 47.4. The minimum absolute atomic E-state index is 0. The van der Waals surface area contributed by atoms with Crippen molar-refractivity contribution in [1.29, 1.82) is 0 Å². The average molecular weight is 991 g/mol. The molecule has 16 heteroatoms. The van der Waals surface area contributed by atoms with E-state index in [1.165, 1.54) is 116 Å². The number of unbranched alkanes of at least 4 members (excludes halogenated alkanes) is 30. The molecule has 0 aromatic heterocycles. The second-order valence-electron chi connectivity index (χ2n) is 16.9. The van der Waals surface area contributed by atoms with Gasteiger partial charge >= 0.3 is 17.4 Å². The summed E-state index contributed by atoms with van der Waals surface area (Å²) in [7, 11) is -12.2. The molecule has 0 unspecified atom stereocenters. The van der Waals surface area contributed by atoms with Crippen molar-refractivity contribution in [3.8, 4) is 0 Å². The van der Waals surface area contributed by atoms with Crippen LogP contribution in [0.5, 0.6) is 0 Å². The van der Waals surface area contributed by atoms with Crippen LogP contribution in [0.4, 0.5) is 0 Å². The van der Waals surface area contributed by atoms with Gasteiger partial charge in [-0.05, 0) is 38.5 Å². The number of hydrogen-bond acceptors (Lipinski definition) is 12. The Bertz CT molecular complexity index is 841. The van der Waals surface area contributed by atoms with E-state index < -0.39 is 23.5 Å². The van der Waals surface area contributed by atoms with E-state index in [9.17, 15) is 28.4 Å². The van der Waals surface area contributed by atoms with Crippen LogP contribution < -0.4 is 14.7 Å². The third-order valence-corrected chi connectivity index (χ3v) is 13.5. The molecule has 0 saturated heterocycles. The van der Waals surface area contributed by atoms with Crippen LogP contribution >= 0.6 is 23.5 Å². The van der Waals surface area contributed by atoms with Crippen LogP contribution in [0.3, 0.4) is 0 Å². The fourth-order valence-electron chi connectivity index (χ4n) is 6.46. The maximum absolute atomic E-state index is 11.5. The standard InChI is InChI=1S/3C16H35O4P.Al/c3*1-3-5-7-9-11-13-15-19-21(17,18)20-16-14-12-10-8-6-4-2;/h3*3-16H2,1-2H3,(H,17,18);/q;;;+3/p-3. The van der Waals surface area contributed by atoms with E-state index in [-0.39, 0.29) is 57.0 Å². The summed E-state index contributed by atoms with van der Waals surface area (Å²) >= 11 is 0. The molecule has 0 fully saturated rings. The summed E-state index contributed by atoms with van der Waals surface area (Å²) in [6.07, 6.45) is 40.0. The van der Waals surface area contributed by atoms with Gasteiger partial charge in [0.1, 0.15) is 0 Å². The Morgan fingerprint density at radius 1 is 0.234 bits per heavy atom. The molecule has 0 aliphatic carbocycles. The summed E-state index contributed by atoms with van der Waals surface area (Å²) < 4.78 is 63.6. The van der Waals surface area contributed by atoms with Crippen molar-refractivity contribution in [3.63, 3.8) is 0 Å². The fourth-order valence-corrected chi connectivity index (χ4v) is 8.80. The summed E-state index contributed by atoms with van der Waals surface area (Å²) in [4.78, 5) is 34.5. The summed E-state index contributed by atoms with van der Waals surface area (Å²) in [5.41, 5.74) is 0. The first-order chi connectivity index (χ1) is 30.4. The van der Waals surface area contributed by atoms with Crippen LogP contribution in [0.2, 0.25) is 0 Å². The molecule has 12 nitrogen and oxygen atoms in total. The van der Waals surface area contributed by atoms with Crippen molar-refractivity contribution in [2.75, 3.05) is 39.6 Å². The predicted molar refractivity (Wildman–Crippen MR) is 265 cm³/mol. The minimum atomic E-state index is -4.07. The van der Waals surface area contributed by atoms with Gasteiger partial charge in [0.25, 0.3) is 23.5 Å². The SMILES string of the molecule is CCCCCCCCOP(=O)([O-])OCCCCCCCC.CCCCCCCCOP(=O)([O-])OCCCCCCCC.CCCCCCCCOP(=O)([O-])OCCCCCCCC.[Al+3]. The summed E-state index contributed by atoms with van der Waals surface area (Å²) in [5, 5.41) is 0. The Balaban J connectivity index is -0.000000419. The molecule has 0 bridgehead atoms. The number of phosphoric acid groups is 3. The molecular weight excluding hydrogens is 888 g/mol.